The van der Waals surface area contributed by atoms with Gasteiger partial charge in [0.15, 0.2) is 0 Å². The number of aromatic carboxylic acids is 1. The van der Waals surface area contributed by atoms with Crippen molar-refractivity contribution in [2.24, 2.45) is 0 Å². The standard InChI is InChI=1S/C13H15F3N2O3/c1-6-9(7(2)17-10(6)12(20)21)11(19)18(8-3-4-8)5-13(14,15)16/h8,17H,3-5H2,1-2H3,(H,20,21). The number of nitrogens with zero attached hydrogens (tertiary/aromatic N) is 1. The summed E-state index contributed by atoms with van der Waals surface area (Å²) in [4.78, 5) is 26.7. The zero-order valence-corrected chi connectivity index (χ0v) is 11.5. The normalized spacial score (nSPS) is 15.1. The highest BCUT2D eigenvalue weighted by Crippen LogP contribution is 2.32. The number of rotatable bonds is 4. The number of aryl methyl sites for hydroxylation is 1. The highest BCUT2D eigenvalue weighted by atomic mass is 19.4. The van der Waals surface area contributed by atoms with E-state index in [9.17, 15) is 22.8 Å². The van der Waals surface area contributed by atoms with Crippen LogP contribution in [0.3, 0.4) is 0 Å². The predicted octanol–water partition coefficient (Wildman–Crippen LogP) is 2.50. The smallest absolute Gasteiger partial charge is 0.406 e. The first-order valence-electron chi connectivity index (χ1n) is 6.42. The van der Waals surface area contributed by atoms with E-state index in [0.717, 1.165) is 4.90 Å². The van der Waals surface area contributed by atoms with Crippen molar-refractivity contribution in [3.8, 4) is 0 Å². The van der Waals surface area contributed by atoms with E-state index in [4.69, 9.17) is 5.11 Å². The van der Waals surface area contributed by atoms with Crippen molar-refractivity contribution in [3.63, 3.8) is 0 Å². The maximum Gasteiger partial charge on any atom is 0.406 e. The van der Waals surface area contributed by atoms with Crippen LogP contribution in [-0.4, -0.2) is 45.6 Å². The molecule has 1 saturated carbocycles. The lowest BCUT2D eigenvalue weighted by atomic mass is 10.1. The maximum absolute atomic E-state index is 12.6. The molecule has 1 aliphatic carbocycles. The van der Waals surface area contributed by atoms with E-state index in [-0.39, 0.29) is 22.5 Å². The van der Waals surface area contributed by atoms with Crippen LogP contribution in [0.15, 0.2) is 0 Å². The zero-order chi connectivity index (χ0) is 15.9. The van der Waals surface area contributed by atoms with Crippen molar-refractivity contribution in [1.29, 1.82) is 0 Å². The fourth-order valence-corrected chi connectivity index (χ4v) is 2.37. The molecule has 2 rings (SSSR count). The van der Waals surface area contributed by atoms with Crippen LogP contribution in [0.5, 0.6) is 0 Å². The number of H-pyrrole nitrogens is 1. The maximum atomic E-state index is 12.6. The topological polar surface area (TPSA) is 73.4 Å². The van der Waals surface area contributed by atoms with Crippen molar-refractivity contribution in [1.82, 2.24) is 9.88 Å². The number of amides is 1. The number of alkyl halides is 3. The molecule has 1 fully saturated rings. The molecule has 0 spiro atoms. The number of carboxylic acids is 1. The van der Waals surface area contributed by atoms with Gasteiger partial charge in [-0.25, -0.2) is 4.79 Å². The SMILES string of the molecule is Cc1[nH]c(C(=O)O)c(C)c1C(=O)N(CC(F)(F)F)C1CC1. The summed E-state index contributed by atoms with van der Waals surface area (Å²) in [6.07, 6.45) is -3.40. The molecule has 0 aromatic carbocycles. The summed E-state index contributed by atoms with van der Waals surface area (Å²) in [5.41, 5.74) is 0.280. The quantitative estimate of drug-likeness (QED) is 0.897. The predicted molar refractivity (Wildman–Crippen MR) is 67.3 cm³/mol. The van der Waals surface area contributed by atoms with Crippen LogP contribution in [0.2, 0.25) is 0 Å². The highest BCUT2D eigenvalue weighted by Gasteiger charge is 2.42. The molecule has 0 unspecified atom stereocenters. The van der Waals surface area contributed by atoms with E-state index in [2.05, 4.69) is 4.98 Å². The van der Waals surface area contributed by atoms with Gasteiger partial charge in [-0.05, 0) is 32.3 Å². The molecule has 1 aromatic rings. The van der Waals surface area contributed by atoms with E-state index in [0.29, 0.717) is 12.8 Å². The molecule has 21 heavy (non-hydrogen) atoms. The molecule has 1 amide bonds. The Morgan fingerprint density at radius 2 is 1.90 bits per heavy atom. The summed E-state index contributed by atoms with van der Waals surface area (Å²) in [5, 5.41) is 9.00. The molecular weight excluding hydrogens is 289 g/mol. The Morgan fingerprint density at radius 1 is 1.33 bits per heavy atom. The Balaban J connectivity index is 2.35. The summed E-state index contributed by atoms with van der Waals surface area (Å²) in [5.74, 6) is -2.02. The molecule has 8 heteroatoms. The minimum absolute atomic E-state index is 0.0172. The van der Waals surface area contributed by atoms with Gasteiger partial charge in [0.05, 0.1) is 5.56 Å². The van der Waals surface area contributed by atoms with Gasteiger partial charge in [-0.3, -0.25) is 4.79 Å². The van der Waals surface area contributed by atoms with E-state index in [1.807, 2.05) is 0 Å². The Morgan fingerprint density at radius 3 is 2.29 bits per heavy atom. The van der Waals surface area contributed by atoms with Crippen LogP contribution < -0.4 is 0 Å². The number of hydrogen-bond donors (Lipinski definition) is 2. The zero-order valence-electron chi connectivity index (χ0n) is 11.5. The average molecular weight is 304 g/mol. The second-order valence-electron chi connectivity index (χ2n) is 5.21. The van der Waals surface area contributed by atoms with Crippen molar-refractivity contribution >= 4 is 11.9 Å². The van der Waals surface area contributed by atoms with Crippen molar-refractivity contribution in [2.75, 3.05) is 6.54 Å². The first kappa shape index (κ1) is 15.4. The van der Waals surface area contributed by atoms with Gasteiger partial charge in [-0.2, -0.15) is 13.2 Å². The second kappa shape index (κ2) is 5.09. The first-order valence-corrected chi connectivity index (χ1v) is 6.42. The molecule has 5 nitrogen and oxygen atoms in total. The molecule has 0 atom stereocenters. The second-order valence-corrected chi connectivity index (χ2v) is 5.21. The number of aromatic amines is 1. The Kier molecular flexibility index (Phi) is 3.73. The van der Waals surface area contributed by atoms with Gasteiger partial charge in [-0.15, -0.1) is 0 Å². The lowest BCUT2D eigenvalue weighted by Crippen LogP contribution is -2.40. The minimum atomic E-state index is -4.48. The molecule has 0 saturated heterocycles. The number of aromatic nitrogens is 1. The number of carbonyl (C=O) groups excluding carboxylic acids is 1. The van der Waals surface area contributed by atoms with Crippen molar-refractivity contribution in [3.05, 3.63) is 22.5 Å². The number of nitrogens with one attached hydrogen (secondary N) is 1. The third kappa shape index (κ3) is 3.20. The van der Waals surface area contributed by atoms with Crippen LogP contribution in [0, 0.1) is 13.8 Å². The molecule has 0 bridgehead atoms. The largest absolute Gasteiger partial charge is 0.477 e. The summed E-state index contributed by atoms with van der Waals surface area (Å²) in [6.45, 7) is 1.58. The number of hydrogen-bond acceptors (Lipinski definition) is 2. The van der Waals surface area contributed by atoms with E-state index in [1.54, 1.807) is 0 Å². The van der Waals surface area contributed by atoms with Crippen LogP contribution in [0.25, 0.3) is 0 Å². The van der Waals surface area contributed by atoms with E-state index < -0.39 is 30.6 Å². The molecule has 1 heterocycles. The highest BCUT2D eigenvalue weighted by molar-refractivity contribution is 6.01. The first-order chi connectivity index (χ1) is 9.61. The van der Waals surface area contributed by atoms with Gasteiger partial charge in [-0.1, -0.05) is 0 Å². The van der Waals surface area contributed by atoms with Crippen LogP contribution >= 0.6 is 0 Å². The molecule has 1 aliphatic rings. The molecule has 1 aromatic heterocycles. The molecular formula is C13H15F3N2O3. The third-order valence-corrected chi connectivity index (χ3v) is 3.46. The number of halogens is 3. The summed E-state index contributed by atoms with van der Waals surface area (Å²) in [7, 11) is 0. The van der Waals surface area contributed by atoms with Gasteiger partial charge in [0, 0.05) is 11.7 Å². The molecule has 2 N–H and O–H groups in total. The monoisotopic (exact) mass is 304 g/mol. The number of carbonyl (C=O) groups is 2. The Hall–Kier alpha value is -1.99. The summed E-state index contributed by atoms with van der Waals surface area (Å²) < 4.78 is 37.8. The molecule has 116 valence electrons. The van der Waals surface area contributed by atoms with Gasteiger partial charge in [0.1, 0.15) is 12.2 Å². The summed E-state index contributed by atoms with van der Waals surface area (Å²) >= 11 is 0. The van der Waals surface area contributed by atoms with Crippen LogP contribution in [0.4, 0.5) is 13.2 Å². The fraction of sp³-hybridized carbons (Fsp3) is 0.538. The van der Waals surface area contributed by atoms with Crippen molar-refractivity contribution < 1.29 is 27.9 Å². The van der Waals surface area contributed by atoms with Gasteiger partial charge < -0.3 is 15.0 Å². The lowest BCUT2D eigenvalue weighted by molar-refractivity contribution is -0.141. The van der Waals surface area contributed by atoms with Crippen molar-refractivity contribution in [2.45, 2.75) is 38.9 Å². The van der Waals surface area contributed by atoms with Crippen LogP contribution in [0.1, 0.15) is 44.9 Å². The number of carboxylic acid groups (broad SMARTS) is 1. The van der Waals surface area contributed by atoms with Gasteiger partial charge in [0.25, 0.3) is 5.91 Å². The molecule has 0 radical (unpaired) electrons. The average Bonchev–Trinajstić information content (AvgIpc) is 3.11. The Labute approximate surface area is 118 Å². The van der Waals surface area contributed by atoms with E-state index in [1.165, 1.54) is 13.8 Å². The fourth-order valence-electron chi connectivity index (χ4n) is 2.37. The van der Waals surface area contributed by atoms with E-state index >= 15 is 0 Å². The lowest BCUT2D eigenvalue weighted by Gasteiger charge is -2.24. The van der Waals surface area contributed by atoms with Gasteiger partial charge >= 0.3 is 12.1 Å². The summed E-state index contributed by atoms with van der Waals surface area (Å²) in [6, 6.07) is -0.416. The minimum Gasteiger partial charge on any atom is -0.477 e. The molecule has 0 aliphatic heterocycles. The van der Waals surface area contributed by atoms with Crippen LogP contribution in [-0.2, 0) is 0 Å². The third-order valence-electron chi connectivity index (χ3n) is 3.46. The Bertz CT molecular complexity index is 588. The van der Waals surface area contributed by atoms with Gasteiger partial charge in [0.2, 0.25) is 0 Å².